The van der Waals surface area contributed by atoms with Gasteiger partial charge in [0.2, 0.25) is 0 Å². The summed E-state index contributed by atoms with van der Waals surface area (Å²) in [4.78, 5) is 23.2. The zero-order chi connectivity index (χ0) is 14.9. The molecule has 2 aromatic rings. The minimum atomic E-state index is -1.63. The Balaban J connectivity index is 2.59. The van der Waals surface area contributed by atoms with Crippen LogP contribution in [0.3, 0.4) is 0 Å². The number of ketones is 1. The van der Waals surface area contributed by atoms with E-state index in [4.69, 9.17) is 23.2 Å². The molecular weight excluding hydrogens is 306 g/mol. The van der Waals surface area contributed by atoms with Gasteiger partial charge in [0.1, 0.15) is 5.82 Å². The predicted molar refractivity (Wildman–Crippen MR) is 70.6 cm³/mol. The van der Waals surface area contributed by atoms with Crippen LogP contribution in [0.15, 0.2) is 36.4 Å². The number of halogens is 3. The molecule has 6 heteroatoms. The third-order valence-corrected chi connectivity index (χ3v) is 3.38. The standard InChI is InChI=1S/C14H7Cl2FO3/c15-9-5-4-7(6-10(9)16)13(18)12-8(14(19)20)2-1-3-11(12)17/h1-6H,(H,19,20)/p-1. The molecule has 2 rings (SSSR count). The second kappa shape index (κ2) is 5.61. The molecule has 0 bridgehead atoms. The zero-order valence-electron chi connectivity index (χ0n) is 9.82. The van der Waals surface area contributed by atoms with Crippen LogP contribution in [0.4, 0.5) is 4.39 Å². The summed E-state index contributed by atoms with van der Waals surface area (Å²) >= 11 is 11.5. The lowest BCUT2D eigenvalue weighted by atomic mass is 9.98. The van der Waals surface area contributed by atoms with Crippen molar-refractivity contribution < 1.29 is 19.1 Å². The van der Waals surface area contributed by atoms with Gasteiger partial charge in [-0.05, 0) is 24.3 Å². The quantitative estimate of drug-likeness (QED) is 0.819. The fraction of sp³-hybridized carbons (Fsp3) is 0. The van der Waals surface area contributed by atoms with Crippen LogP contribution in [-0.4, -0.2) is 11.8 Å². The van der Waals surface area contributed by atoms with Crippen molar-refractivity contribution in [1.29, 1.82) is 0 Å². The summed E-state index contributed by atoms with van der Waals surface area (Å²) in [5, 5.41) is 11.3. The molecule has 0 aromatic heterocycles. The van der Waals surface area contributed by atoms with E-state index in [-0.39, 0.29) is 15.6 Å². The highest BCUT2D eigenvalue weighted by Gasteiger charge is 2.19. The molecule has 0 fully saturated rings. The molecule has 0 spiro atoms. The molecule has 0 amide bonds. The van der Waals surface area contributed by atoms with Crippen LogP contribution in [-0.2, 0) is 0 Å². The summed E-state index contributed by atoms with van der Waals surface area (Å²) in [6.45, 7) is 0. The predicted octanol–water partition coefficient (Wildman–Crippen LogP) is 2.73. The van der Waals surface area contributed by atoms with Gasteiger partial charge in [-0.1, -0.05) is 35.3 Å². The Morgan fingerprint density at radius 2 is 1.75 bits per heavy atom. The number of carbonyl (C=O) groups is 2. The number of aromatic carboxylic acids is 1. The summed E-state index contributed by atoms with van der Waals surface area (Å²) in [5.41, 5.74) is -1.04. The SMILES string of the molecule is O=C([O-])c1cccc(F)c1C(=O)c1ccc(Cl)c(Cl)c1. The van der Waals surface area contributed by atoms with Crippen molar-refractivity contribution >= 4 is 35.0 Å². The van der Waals surface area contributed by atoms with E-state index in [0.29, 0.717) is 0 Å². The highest BCUT2D eigenvalue weighted by Crippen LogP contribution is 2.25. The Kier molecular flexibility index (Phi) is 4.06. The highest BCUT2D eigenvalue weighted by atomic mass is 35.5. The van der Waals surface area contributed by atoms with E-state index >= 15 is 0 Å². The molecule has 3 nitrogen and oxygen atoms in total. The maximum absolute atomic E-state index is 13.8. The number of benzene rings is 2. The van der Waals surface area contributed by atoms with Crippen LogP contribution >= 0.6 is 23.2 Å². The van der Waals surface area contributed by atoms with Crippen molar-refractivity contribution in [3.8, 4) is 0 Å². The summed E-state index contributed by atoms with van der Waals surface area (Å²) in [7, 11) is 0. The smallest absolute Gasteiger partial charge is 0.196 e. The van der Waals surface area contributed by atoms with E-state index in [2.05, 4.69) is 0 Å². The topological polar surface area (TPSA) is 57.2 Å². The fourth-order valence-corrected chi connectivity index (χ4v) is 2.00. The number of carbonyl (C=O) groups excluding carboxylic acids is 2. The fourth-order valence-electron chi connectivity index (χ4n) is 1.71. The van der Waals surface area contributed by atoms with Gasteiger partial charge >= 0.3 is 0 Å². The summed E-state index contributed by atoms with van der Waals surface area (Å²) in [6, 6.07) is 7.24. The highest BCUT2D eigenvalue weighted by molar-refractivity contribution is 6.42. The third-order valence-electron chi connectivity index (χ3n) is 2.64. The molecule has 0 atom stereocenters. The number of carboxylic acids is 1. The number of hydrogen-bond acceptors (Lipinski definition) is 3. The van der Waals surface area contributed by atoms with Crippen molar-refractivity contribution in [2.45, 2.75) is 0 Å². The van der Waals surface area contributed by atoms with Gasteiger partial charge in [-0.15, -0.1) is 0 Å². The summed E-state index contributed by atoms with van der Waals surface area (Å²) in [5.74, 6) is -3.38. The van der Waals surface area contributed by atoms with Gasteiger partial charge in [0.05, 0.1) is 21.6 Å². The van der Waals surface area contributed by atoms with E-state index in [1.807, 2.05) is 0 Å². The van der Waals surface area contributed by atoms with Crippen molar-refractivity contribution in [3.63, 3.8) is 0 Å². The first kappa shape index (κ1) is 14.5. The van der Waals surface area contributed by atoms with Gasteiger partial charge in [-0.2, -0.15) is 0 Å². The average molecular weight is 312 g/mol. The Morgan fingerprint density at radius 3 is 2.35 bits per heavy atom. The Bertz CT molecular complexity index is 714. The molecule has 0 saturated heterocycles. The van der Waals surface area contributed by atoms with Crippen LogP contribution in [0.25, 0.3) is 0 Å². The lowest BCUT2D eigenvalue weighted by Crippen LogP contribution is -2.25. The lowest BCUT2D eigenvalue weighted by Gasteiger charge is -2.11. The van der Waals surface area contributed by atoms with Crippen LogP contribution in [0.1, 0.15) is 26.3 Å². The first-order valence-electron chi connectivity index (χ1n) is 5.41. The Hall–Kier alpha value is -1.91. The monoisotopic (exact) mass is 311 g/mol. The van der Waals surface area contributed by atoms with Gasteiger partial charge in [0, 0.05) is 11.1 Å². The molecule has 0 unspecified atom stereocenters. The molecule has 102 valence electrons. The first-order chi connectivity index (χ1) is 9.41. The van der Waals surface area contributed by atoms with Crippen LogP contribution in [0.2, 0.25) is 10.0 Å². The van der Waals surface area contributed by atoms with Crippen molar-refractivity contribution in [2.75, 3.05) is 0 Å². The van der Waals surface area contributed by atoms with Gasteiger partial charge < -0.3 is 9.90 Å². The van der Waals surface area contributed by atoms with Crippen LogP contribution < -0.4 is 5.11 Å². The number of rotatable bonds is 3. The summed E-state index contributed by atoms with van der Waals surface area (Å²) in [6.07, 6.45) is 0. The minimum Gasteiger partial charge on any atom is -0.545 e. The molecule has 0 heterocycles. The molecule has 0 radical (unpaired) electrons. The normalized spacial score (nSPS) is 10.3. The van der Waals surface area contributed by atoms with Crippen LogP contribution in [0, 0.1) is 5.82 Å². The summed E-state index contributed by atoms with van der Waals surface area (Å²) < 4.78 is 13.8. The number of hydrogen-bond donors (Lipinski definition) is 0. The molecular formula is C14H6Cl2FO3-. The molecule has 0 aliphatic rings. The van der Waals surface area contributed by atoms with E-state index in [9.17, 15) is 19.1 Å². The van der Waals surface area contributed by atoms with Gasteiger partial charge in [0.25, 0.3) is 0 Å². The van der Waals surface area contributed by atoms with Crippen molar-refractivity contribution in [3.05, 3.63) is 69.0 Å². The molecule has 20 heavy (non-hydrogen) atoms. The van der Waals surface area contributed by atoms with E-state index in [0.717, 1.165) is 12.1 Å². The van der Waals surface area contributed by atoms with E-state index in [1.165, 1.54) is 24.3 Å². The van der Waals surface area contributed by atoms with Crippen molar-refractivity contribution in [1.82, 2.24) is 0 Å². The maximum atomic E-state index is 13.8. The first-order valence-corrected chi connectivity index (χ1v) is 6.17. The maximum Gasteiger partial charge on any atom is 0.196 e. The zero-order valence-corrected chi connectivity index (χ0v) is 11.3. The molecule has 0 aliphatic heterocycles. The lowest BCUT2D eigenvalue weighted by molar-refractivity contribution is -0.255. The molecule has 0 aliphatic carbocycles. The van der Waals surface area contributed by atoms with Gasteiger partial charge in [0.15, 0.2) is 5.78 Å². The molecule has 0 N–H and O–H groups in total. The molecule has 0 saturated carbocycles. The Labute approximate surface area is 123 Å². The second-order valence-corrected chi connectivity index (χ2v) is 4.72. The minimum absolute atomic E-state index is 0.0343. The average Bonchev–Trinajstić information content (AvgIpc) is 2.40. The van der Waals surface area contributed by atoms with E-state index in [1.54, 1.807) is 0 Å². The van der Waals surface area contributed by atoms with Crippen molar-refractivity contribution in [2.24, 2.45) is 0 Å². The van der Waals surface area contributed by atoms with Gasteiger partial charge in [-0.3, -0.25) is 4.79 Å². The number of carboxylic acid groups (broad SMARTS) is 1. The van der Waals surface area contributed by atoms with Crippen LogP contribution in [0.5, 0.6) is 0 Å². The second-order valence-electron chi connectivity index (χ2n) is 3.91. The molecule has 2 aromatic carbocycles. The third kappa shape index (κ3) is 2.66. The largest absolute Gasteiger partial charge is 0.545 e. The van der Waals surface area contributed by atoms with Gasteiger partial charge in [-0.25, -0.2) is 4.39 Å². The van der Waals surface area contributed by atoms with E-state index < -0.39 is 28.7 Å². The Morgan fingerprint density at radius 1 is 1.05 bits per heavy atom.